The second-order valence-corrected chi connectivity index (χ2v) is 16.0. The number of hydrogen-bond donors (Lipinski definition) is 0. The quantitative estimate of drug-likeness (QED) is 0.270. The molecule has 0 N–H and O–H groups in total. The number of fused-ring (bicyclic) bond motifs is 8. The molecule has 0 fully saturated rings. The zero-order valence-corrected chi connectivity index (χ0v) is 14.3. The molecule has 20 heavy (non-hydrogen) atoms. The van der Waals surface area contributed by atoms with E-state index in [4.69, 9.17) is 0 Å². The molecule has 0 aliphatic carbocycles. The van der Waals surface area contributed by atoms with E-state index in [1.807, 2.05) is 0 Å². The molecule has 5 aromatic rings. The molecule has 0 nitrogen and oxygen atoms in total. The predicted molar refractivity (Wildman–Crippen MR) is 97.9 cm³/mol. The molecular formula is C16H12P4. The third-order valence-corrected chi connectivity index (χ3v) is 17.5. The van der Waals surface area contributed by atoms with Crippen LogP contribution in [0.15, 0.2) is 71.7 Å². The standard InChI is InChI=1S/C16H12P4/c1-5-13-14-6-2-11-19(14)20-12-4-8-16(20)15-7-3-10-18(15)17(13)9-1/h1-12H. The van der Waals surface area contributed by atoms with Crippen LogP contribution in [-0.4, -0.2) is 0 Å². The van der Waals surface area contributed by atoms with Gasteiger partial charge in [0, 0.05) is 20.5 Å². The molecule has 0 saturated heterocycles. The molecule has 0 radical (unpaired) electrons. The molecule has 96 valence electrons. The van der Waals surface area contributed by atoms with Crippen molar-refractivity contribution in [3.05, 3.63) is 71.7 Å². The molecule has 0 aliphatic rings. The highest BCUT2D eigenvalue weighted by atomic mass is 31.9. The van der Waals surface area contributed by atoms with Gasteiger partial charge >= 0.3 is 0 Å². The van der Waals surface area contributed by atoms with E-state index in [2.05, 4.69) is 71.7 Å². The molecule has 0 aliphatic heterocycles. The molecule has 0 amide bonds. The average Bonchev–Trinajstić information content (AvgIpc) is 3.21. The minimum Gasteiger partial charge on any atom is -0.0675 e. The minimum atomic E-state index is -0.119. The zero-order valence-electron chi connectivity index (χ0n) is 10.7. The van der Waals surface area contributed by atoms with Gasteiger partial charge in [0.2, 0.25) is 0 Å². The van der Waals surface area contributed by atoms with E-state index in [0.29, 0.717) is 0 Å². The number of hydrogen-bond acceptors (Lipinski definition) is 0. The van der Waals surface area contributed by atoms with E-state index in [-0.39, 0.29) is 28.1 Å². The fourth-order valence-corrected chi connectivity index (χ4v) is 18.2. The summed E-state index contributed by atoms with van der Waals surface area (Å²) >= 11 is 0. The highest BCUT2D eigenvalue weighted by Crippen LogP contribution is 2.62. The topological polar surface area (TPSA) is 0 Å². The summed E-state index contributed by atoms with van der Waals surface area (Å²) in [4.78, 5) is 0. The average molecular weight is 328 g/mol. The molecule has 4 atom stereocenters. The van der Waals surface area contributed by atoms with Gasteiger partial charge < -0.3 is 0 Å². The molecule has 4 heteroatoms. The molecule has 0 aromatic carbocycles. The van der Waals surface area contributed by atoms with Crippen LogP contribution in [0, 0.1) is 0 Å². The lowest BCUT2D eigenvalue weighted by atomic mass is 10.5. The van der Waals surface area contributed by atoms with Crippen LogP contribution in [0.1, 0.15) is 0 Å². The molecule has 4 unspecified atom stereocenters. The van der Waals surface area contributed by atoms with Crippen LogP contribution in [0.5, 0.6) is 0 Å². The van der Waals surface area contributed by atoms with Crippen LogP contribution in [0.2, 0.25) is 0 Å². The maximum absolute atomic E-state index is 2.49. The van der Waals surface area contributed by atoms with Crippen molar-refractivity contribution in [2.24, 2.45) is 0 Å². The van der Waals surface area contributed by atoms with E-state index in [1.54, 1.807) is 20.5 Å². The van der Waals surface area contributed by atoms with Gasteiger partial charge in [-0.05, 0) is 47.5 Å². The highest BCUT2D eigenvalue weighted by Gasteiger charge is 2.07. The van der Waals surface area contributed by atoms with Crippen molar-refractivity contribution in [3.63, 3.8) is 0 Å². The summed E-state index contributed by atoms with van der Waals surface area (Å²) in [6.45, 7) is 0. The van der Waals surface area contributed by atoms with Crippen molar-refractivity contribution in [1.82, 2.24) is 0 Å². The molecule has 5 heterocycles. The Morgan fingerprint density at radius 1 is 0.400 bits per heavy atom. The first-order valence-corrected chi connectivity index (χ1v) is 13.7. The summed E-state index contributed by atoms with van der Waals surface area (Å²) in [6.07, 6.45) is 0. The van der Waals surface area contributed by atoms with E-state index in [0.717, 1.165) is 0 Å². The lowest BCUT2D eigenvalue weighted by molar-refractivity contribution is 2.05. The van der Waals surface area contributed by atoms with Crippen LogP contribution in [-0.2, 0) is 0 Å². The third-order valence-electron chi connectivity index (χ3n) is 3.90. The van der Waals surface area contributed by atoms with Gasteiger partial charge in [-0.15, -0.1) is 0 Å². The fourth-order valence-electron chi connectivity index (χ4n) is 3.05. The Balaban J connectivity index is 2.33. The van der Waals surface area contributed by atoms with Crippen molar-refractivity contribution >= 4 is 48.5 Å². The largest absolute Gasteiger partial charge is 0.0675 e. The van der Waals surface area contributed by atoms with Gasteiger partial charge in [-0.2, -0.15) is 0 Å². The lowest BCUT2D eigenvalue weighted by Crippen LogP contribution is -1.51. The Labute approximate surface area is 120 Å². The first-order chi connectivity index (χ1) is 9.93. The van der Waals surface area contributed by atoms with E-state index in [1.165, 1.54) is 0 Å². The maximum Gasteiger partial charge on any atom is 0.0136 e. The van der Waals surface area contributed by atoms with Gasteiger partial charge in [0.25, 0.3) is 0 Å². The predicted octanol–water partition coefficient (Wildman–Crippen LogP) is 8.00. The van der Waals surface area contributed by atoms with Gasteiger partial charge in [-0.25, -0.2) is 0 Å². The van der Waals surface area contributed by atoms with E-state index >= 15 is 0 Å². The monoisotopic (exact) mass is 328 g/mol. The van der Waals surface area contributed by atoms with Gasteiger partial charge in [0.05, 0.1) is 0 Å². The number of rotatable bonds is 0. The molecule has 0 spiro atoms. The summed E-state index contributed by atoms with van der Waals surface area (Å²) in [5, 5.41) is 6.67. The fraction of sp³-hybridized carbons (Fsp3) is 0. The zero-order chi connectivity index (χ0) is 13.1. The first kappa shape index (κ1) is 11.7. The van der Waals surface area contributed by atoms with Crippen LogP contribution in [0.4, 0.5) is 0 Å². The normalized spacial score (nSPS) is 15.6. The van der Waals surface area contributed by atoms with Crippen LogP contribution in [0.25, 0.3) is 20.5 Å². The minimum absolute atomic E-state index is 0.119. The molecule has 0 bridgehead atoms. The third kappa shape index (κ3) is 1.46. The summed E-state index contributed by atoms with van der Waals surface area (Å²) in [5.74, 6) is 9.96. The van der Waals surface area contributed by atoms with Gasteiger partial charge in [0.15, 0.2) is 0 Å². The smallest absolute Gasteiger partial charge is 0.0136 e. The van der Waals surface area contributed by atoms with Crippen molar-refractivity contribution in [2.45, 2.75) is 0 Å². The maximum atomic E-state index is 2.49. The molecular weight excluding hydrogens is 316 g/mol. The Kier molecular flexibility index (Phi) is 2.53. The summed E-state index contributed by atoms with van der Waals surface area (Å²) in [6, 6.07) is 18.8. The van der Waals surface area contributed by atoms with E-state index in [9.17, 15) is 0 Å². The van der Waals surface area contributed by atoms with Crippen molar-refractivity contribution in [1.29, 1.82) is 0 Å². The van der Waals surface area contributed by atoms with Crippen LogP contribution < -0.4 is 0 Å². The Hall–Kier alpha value is -0.880. The van der Waals surface area contributed by atoms with Gasteiger partial charge in [-0.3, -0.25) is 0 Å². The SMILES string of the molecule is c1cc2c3cccp3p3cccc3c3cccp3p2c1. The van der Waals surface area contributed by atoms with Crippen LogP contribution >= 0.6 is 28.1 Å². The Bertz CT molecular complexity index is 804. The van der Waals surface area contributed by atoms with Gasteiger partial charge in [-0.1, -0.05) is 52.3 Å². The van der Waals surface area contributed by atoms with Crippen molar-refractivity contribution in [2.75, 3.05) is 0 Å². The first-order valence-electron chi connectivity index (χ1n) is 6.65. The molecule has 5 rings (SSSR count). The Morgan fingerprint density at radius 2 is 0.650 bits per heavy atom. The van der Waals surface area contributed by atoms with Crippen molar-refractivity contribution < 1.29 is 0 Å². The van der Waals surface area contributed by atoms with Crippen molar-refractivity contribution in [3.8, 4) is 0 Å². The summed E-state index contributed by atoms with van der Waals surface area (Å²) in [7, 11) is -0.476. The molecule has 0 saturated carbocycles. The highest BCUT2D eigenvalue weighted by molar-refractivity contribution is 8.13. The summed E-state index contributed by atoms with van der Waals surface area (Å²) in [5.41, 5.74) is 0. The Morgan fingerprint density at radius 3 is 0.900 bits per heavy atom. The summed E-state index contributed by atoms with van der Waals surface area (Å²) < 4.78 is 0. The van der Waals surface area contributed by atoms with Gasteiger partial charge in [0.1, 0.15) is 0 Å². The van der Waals surface area contributed by atoms with E-state index < -0.39 is 0 Å². The molecule has 5 aromatic heterocycles. The lowest BCUT2D eigenvalue weighted by Gasteiger charge is -2.00. The second-order valence-electron chi connectivity index (χ2n) is 4.95. The second kappa shape index (κ2) is 4.31. The van der Waals surface area contributed by atoms with Crippen LogP contribution in [0.3, 0.4) is 0 Å².